The van der Waals surface area contributed by atoms with Crippen LogP contribution in [0.4, 0.5) is 0 Å². The Morgan fingerprint density at radius 1 is 1.29 bits per heavy atom. The number of hydrogen-bond donors (Lipinski definition) is 1. The van der Waals surface area contributed by atoms with Crippen molar-refractivity contribution in [2.75, 3.05) is 0 Å². The Balaban J connectivity index is 1.95. The lowest BCUT2D eigenvalue weighted by Gasteiger charge is -2.01. The van der Waals surface area contributed by atoms with Crippen molar-refractivity contribution in [3.8, 4) is 10.6 Å². The number of carboxylic acid groups (broad SMARTS) is 1. The molecule has 0 aliphatic rings. The Bertz CT molecular complexity index is 764. The molecule has 0 saturated carbocycles. The van der Waals surface area contributed by atoms with E-state index in [1.54, 1.807) is 10.9 Å². The number of halogens is 1. The molecule has 1 N–H and O–H groups in total. The third kappa shape index (κ3) is 3.06. The number of rotatable bonds is 4. The Kier molecular flexibility index (Phi) is 3.90. The molecule has 2 aromatic heterocycles. The molecule has 0 atom stereocenters. The van der Waals surface area contributed by atoms with Gasteiger partial charge in [0.15, 0.2) is 0 Å². The molecule has 106 valence electrons. The summed E-state index contributed by atoms with van der Waals surface area (Å²) in [6.45, 7) is 0.541. The minimum atomic E-state index is -0.958. The van der Waals surface area contributed by atoms with E-state index in [2.05, 4.69) is 21.0 Å². The lowest BCUT2D eigenvalue weighted by atomic mass is 10.2. The van der Waals surface area contributed by atoms with E-state index in [0.29, 0.717) is 12.2 Å². The van der Waals surface area contributed by atoms with Gasteiger partial charge in [0.05, 0.1) is 11.4 Å². The van der Waals surface area contributed by atoms with Gasteiger partial charge in [-0.2, -0.15) is 5.10 Å². The monoisotopic (exact) mass is 362 g/mol. The zero-order chi connectivity index (χ0) is 14.8. The van der Waals surface area contributed by atoms with Gasteiger partial charge in [-0.05, 0) is 29.1 Å². The highest BCUT2D eigenvalue weighted by Gasteiger charge is 2.17. The Morgan fingerprint density at radius 3 is 2.67 bits per heavy atom. The Hall–Kier alpha value is -1.92. The largest absolute Gasteiger partial charge is 0.478 e. The number of aromatic nitrogens is 2. The standard InChI is InChI=1S/C15H11BrN2O2S/c16-11-5-3-10(4-6-11)8-18-9-12(15(19)20)14(17-18)13-2-1-7-21-13/h1-7,9H,8H2,(H,19,20). The van der Waals surface area contributed by atoms with Gasteiger partial charge in [0.2, 0.25) is 0 Å². The summed E-state index contributed by atoms with van der Waals surface area (Å²) in [6.07, 6.45) is 1.58. The highest BCUT2D eigenvalue weighted by atomic mass is 79.9. The van der Waals surface area contributed by atoms with E-state index in [0.717, 1.165) is 14.9 Å². The Morgan fingerprint density at radius 2 is 2.05 bits per heavy atom. The van der Waals surface area contributed by atoms with Gasteiger partial charge in [-0.25, -0.2) is 4.79 Å². The SMILES string of the molecule is O=C(O)c1cn(Cc2ccc(Br)cc2)nc1-c1cccs1. The minimum absolute atomic E-state index is 0.231. The normalized spacial score (nSPS) is 10.7. The van der Waals surface area contributed by atoms with Crippen LogP contribution in [-0.2, 0) is 6.54 Å². The average molecular weight is 363 g/mol. The van der Waals surface area contributed by atoms with Crippen molar-refractivity contribution in [1.29, 1.82) is 0 Å². The molecule has 3 rings (SSSR count). The average Bonchev–Trinajstić information content (AvgIpc) is 3.10. The van der Waals surface area contributed by atoms with Gasteiger partial charge in [0, 0.05) is 10.7 Å². The molecule has 4 nitrogen and oxygen atoms in total. The zero-order valence-electron chi connectivity index (χ0n) is 10.9. The molecular formula is C15H11BrN2O2S. The lowest BCUT2D eigenvalue weighted by molar-refractivity contribution is 0.0697. The van der Waals surface area contributed by atoms with Crippen LogP contribution < -0.4 is 0 Å². The maximum atomic E-state index is 11.4. The second-order valence-corrected chi connectivity index (χ2v) is 6.36. The Labute approximate surface area is 133 Å². The first kappa shape index (κ1) is 14.0. The van der Waals surface area contributed by atoms with Crippen molar-refractivity contribution in [3.63, 3.8) is 0 Å². The molecule has 3 aromatic rings. The van der Waals surface area contributed by atoms with Crippen LogP contribution in [0.3, 0.4) is 0 Å². The predicted molar refractivity (Wildman–Crippen MR) is 85.7 cm³/mol. The summed E-state index contributed by atoms with van der Waals surface area (Å²) in [4.78, 5) is 12.2. The summed E-state index contributed by atoms with van der Waals surface area (Å²) in [5.74, 6) is -0.958. The number of hydrogen-bond acceptors (Lipinski definition) is 3. The second-order valence-electron chi connectivity index (χ2n) is 4.50. The molecule has 0 radical (unpaired) electrons. The smallest absolute Gasteiger partial charge is 0.339 e. The molecule has 0 fully saturated rings. The molecule has 0 aliphatic carbocycles. The van der Waals surface area contributed by atoms with Crippen LogP contribution in [0.15, 0.2) is 52.4 Å². The van der Waals surface area contributed by atoms with Crippen molar-refractivity contribution >= 4 is 33.2 Å². The zero-order valence-corrected chi connectivity index (χ0v) is 13.3. The van der Waals surface area contributed by atoms with Crippen LogP contribution in [0.1, 0.15) is 15.9 Å². The van der Waals surface area contributed by atoms with Gasteiger partial charge in [0.25, 0.3) is 0 Å². The van der Waals surface area contributed by atoms with E-state index in [1.807, 2.05) is 41.8 Å². The van der Waals surface area contributed by atoms with Gasteiger partial charge in [-0.15, -0.1) is 11.3 Å². The van der Waals surface area contributed by atoms with Crippen molar-refractivity contribution < 1.29 is 9.90 Å². The van der Waals surface area contributed by atoms with Crippen LogP contribution in [0.5, 0.6) is 0 Å². The summed E-state index contributed by atoms with van der Waals surface area (Å²) >= 11 is 4.88. The van der Waals surface area contributed by atoms with E-state index < -0.39 is 5.97 Å². The van der Waals surface area contributed by atoms with Crippen molar-refractivity contribution in [3.05, 3.63) is 63.6 Å². The molecule has 6 heteroatoms. The third-order valence-electron chi connectivity index (χ3n) is 3.00. The van der Waals surface area contributed by atoms with Crippen LogP contribution in [0.25, 0.3) is 10.6 Å². The highest BCUT2D eigenvalue weighted by Crippen LogP contribution is 2.27. The van der Waals surface area contributed by atoms with Gasteiger partial charge >= 0.3 is 5.97 Å². The highest BCUT2D eigenvalue weighted by molar-refractivity contribution is 9.10. The van der Waals surface area contributed by atoms with Gasteiger partial charge in [0.1, 0.15) is 11.3 Å². The van der Waals surface area contributed by atoms with Crippen LogP contribution in [-0.4, -0.2) is 20.9 Å². The molecule has 21 heavy (non-hydrogen) atoms. The number of benzene rings is 1. The molecule has 0 aliphatic heterocycles. The van der Waals surface area contributed by atoms with Crippen molar-refractivity contribution in [2.45, 2.75) is 6.54 Å². The molecular weight excluding hydrogens is 352 g/mol. The number of carboxylic acids is 1. The molecule has 0 bridgehead atoms. The van der Waals surface area contributed by atoms with Crippen molar-refractivity contribution in [2.24, 2.45) is 0 Å². The second kappa shape index (κ2) is 5.83. The summed E-state index contributed by atoms with van der Waals surface area (Å²) in [5, 5.41) is 15.7. The van der Waals surface area contributed by atoms with E-state index in [-0.39, 0.29) is 5.56 Å². The fourth-order valence-electron chi connectivity index (χ4n) is 2.03. The van der Waals surface area contributed by atoms with E-state index >= 15 is 0 Å². The van der Waals surface area contributed by atoms with Gasteiger partial charge < -0.3 is 5.11 Å². The van der Waals surface area contributed by atoms with Crippen LogP contribution >= 0.6 is 27.3 Å². The maximum absolute atomic E-state index is 11.4. The first-order valence-corrected chi connectivity index (χ1v) is 7.90. The van der Waals surface area contributed by atoms with Crippen LogP contribution in [0, 0.1) is 0 Å². The first-order chi connectivity index (χ1) is 10.1. The number of aromatic carboxylic acids is 1. The van der Waals surface area contributed by atoms with E-state index in [1.165, 1.54) is 11.3 Å². The fraction of sp³-hybridized carbons (Fsp3) is 0.0667. The van der Waals surface area contributed by atoms with Gasteiger partial charge in [-0.1, -0.05) is 34.1 Å². The molecule has 2 heterocycles. The summed E-state index contributed by atoms with van der Waals surface area (Å²) in [5.41, 5.74) is 1.82. The summed E-state index contributed by atoms with van der Waals surface area (Å²) < 4.78 is 2.68. The summed E-state index contributed by atoms with van der Waals surface area (Å²) in [7, 11) is 0. The predicted octanol–water partition coefficient (Wildman–Crippen LogP) is 4.12. The molecule has 0 unspecified atom stereocenters. The number of nitrogens with zero attached hydrogens (tertiary/aromatic N) is 2. The lowest BCUT2D eigenvalue weighted by Crippen LogP contribution is -2.00. The van der Waals surface area contributed by atoms with Gasteiger partial charge in [-0.3, -0.25) is 4.68 Å². The molecule has 0 spiro atoms. The van der Waals surface area contributed by atoms with Crippen molar-refractivity contribution in [1.82, 2.24) is 9.78 Å². The minimum Gasteiger partial charge on any atom is -0.478 e. The number of carbonyl (C=O) groups is 1. The summed E-state index contributed by atoms with van der Waals surface area (Å²) in [6, 6.07) is 11.6. The van der Waals surface area contributed by atoms with E-state index in [4.69, 9.17) is 0 Å². The first-order valence-electron chi connectivity index (χ1n) is 6.22. The molecule has 0 saturated heterocycles. The molecule has 0 amide bonds. The fourth-order valence-corrected chi connectivity index (χ4v) is 3.02. The molecule has 1 aromatic carbocycles. The topological polar surface area (TPSA) is 55.1 Å². The van der Waals surface area contributed by atoms with Crippen LogP contribution in [0.2, 0.25) is 0 Å². The third-order valence-corrected chi connectivity index (χ3v) is 4.41. The number of thiophene rings is 1. The quantitative estimate of drug-likeness (QED) is 0.759. The van der Waals surface area contributed by atoms with E-state index in [9.17, 15) is 9.90 Å². The maximum Gasteiger partial charge on any atom is 0.339 e.